The summed E-state index contributed by atoms with van der Waals surface area (Å²) in [5.74, 6) is -0.254. The molecule has 2 atom stereocenters. The SMILES string of the molecule is CCC1CN(CCOc2cc(F)c([C@@H]3c4[nH]c5ccccc5c4C[C@@H](C)N3CC(C)(C)CO)c(F)c2)C1. The summed E-state index contributed by atoms with van der Waals surface area (Å²) in [5.41, 5.74) is 2.48. The molecule has 0 bridgehead atoms. The summed E-state index contributed by atoms with van der Waals surface area (Å²) in [7, 11) is 0. The molecule has 0 amide bonds. The second kappa shape index (κ2) is 10.4. The summed E-state index contributed by atoms with van der Waals surface area (Å²) >= 11 is 0. The standard InChI is InChI=1S/C30H39F2N3O2/c1-5-20-15-34(16-20)10-11-37-21-13-24(31)27(25(32)14-21)29-28-23(22-8-6-7-9-26(22)33-28)12-19(2)35(29)17-30(3,4)18-36/h6-9,13-14,19-20,29,33,36H,5,10-12,15-18H2,1-4H3/t19-,29-/m1/s1. The van der Waals surface area contributed by atoms with Crippen LogP contribution >= 0.6 is 0 Å². The van der Waals surface area contributed by atoms with Crippen LogP contribution in [-0.4, -0.2) is 65.3 Å². The van der Waals surface area contributed by atoms with Crippen LogP contribution in [0.25, 0.3) is 10.9 Å². The maximum absolute atomic E-state index is 15.8. The Labute approximate surface area is 218 Å². The number of aromatic nitrogens is 1. The molecule has 0 aliphatic carbocycles. The van der Waals surface area contributed by atoms with Gasteiger partial charge in [0.2, 0.25) is 0 Å². The van der Waals surface area contributed by atoms with Crippen LogP contribution in [0.2, 0.25) is 0 Å². The fourth-order valence-electron chi connectivity index (χ4n) is 5.92. The number of likely N-dealkylation sites (tertiary alicyclic amines) is 1. The van der Waals surface area contributed by atoms with E-state index in [1.807, 2.05) is 32.0 Å². The molecule has 37 heavy (non-hydrogen) atoms. The highest BCUT2D eigenvalue weighted by Gasteiger charge is 2.40. The number of rotatable bonds is 9. The first-order valence-electron chi connectivity index (χ1n) is 13.5. The lowest BCUT2D eigenvalue weighted by Gasteiger charge is -2.44. The third-order valence-corrected chi connectivity index (χ3v) is 8.17. The number of nitrogens with zero attached hydrogens (tertiary/aromatic N) is 2. The number of H-pyrrole nitrogens is 1. The van der Waals surface area contributed by atoms with E-state index in [2.05, 4.69) is 34.7 Å². The molecule has 5 nitrogen and oxygen atoms in total. The lowest BCUT2D eigenvalue weighted by atomic mass is 9.84. The molecular formula is C30H39F2N3O2. The summed E-state index contributed by atoms with van der Waals surface area (Å²) < 4.78 is 37.4. The van der Waals surface area contributed by atoms with Crippen LogP contribution in [0.4, 0.5) is 8.78 Å². The Kier molecular flexibility index (Phi) is 7.31. The number of aliphatic hydroxyl groups is 1. The number of fused-ring (bicyclic) bond motifs is 3. The highest BCUT2D eigenvalue weighted by Crippen LogP contribution is 2.44. The van der Waals surface area contributed by atoms with Crippen LogP contribution in [0, 0.1) is 23.0 Å². The Morgan fingerprint density at radius 2 is 1.84 bits per heavy atom. The highest BCUT2D eigenvalue weighted by molar-refractivity contribution is 5.85. The second-order valence-electron chi connectivity index (χ2n) is 11.7. The smallest absolute Gasteiger partial charge is 0.135 e. The number of para-hydroxylation sites is 1. The molecule has 3 heterocycles. The highest BCUT2D eigenvalue weighted by atomic mass is 19.1. The first kappa shape index (κ1) is 26.1. The molecule has 7 heteroatoms. The molecule has 1 aromatic heterocycles. The number of aromatic amines is 1. The summed E-state index contributed by atoms with van der Waals surface area (Å²) in [4.78, 5) is 7.91. The van der Waals surface area contributed by atoms with Gasteiger partial charge in [-0.2, -0.15) is 0 Å². The third kappa shape index (κ3) is 5.14. The molecule has 0 saturated carbocycles. The van der Waals surface area contributed by atoms with Crippen LogP contribution < -0.4 is 4.74 Å². The van der Waals surface area contributed by atoms with Crippen molar-refractivity contribution >= 4 is 10.9 Å². The fraction of sp³-hybridized carbons (Fsp3) is 0.533. The molecule has 200 valence electrons. The number of hydrogen-bond donors (Lipinski definition) is 2. The summed E-state index contributed by atoms with van der Waals surface area (Å²) in [6, 6.07) is 10.0. The van der Waals surface area contributed by atoms with E-state index >= 15 is 8.78 Å². The number of halogens is 2. The van der Waals surface area contributed by atoms with Gasteiger partial charge in [-0.15, -0.1) is 0 Å². The topological polar surface area (TPSA) is 51.7 Å². The molecule has 3 aromatic rings. The van der Waals surface area contributed by atoms with Gasteiger partial charge in [-0.25, -0.2) is 8.78 Å². The van der Waals surface area contributed by atoms with E-state index in [9.17, 15) is 5.11 Å². The quantitative estimate of drug-likeness (QED) is 0.397. The zero-order valence-electron chi connectivity index (χ0n) is 22.4. The first-order chi connectivity index (χ1) is 17.7. The lowest BCUT2D eigenvalue weighted by Crippen LogP contribution is -2.48. The maximum atomic E-state index is 15.8. The van der Waals surface area contributed by atoms with Gasteiger partial charge >= 0.3 is 0 Å². The van der Waals surface area contributed by atoms with Crippen LogP contribution in [0.3, 0.4) is 0 Å². The zero-order valence-corrected chi connectivity index (χ0v) is 22.4. The van der Waals surface area contributed by atoms with E-state index < -0.39 is 23.1 Å². The van der Waals surface area contributed by atoms with Gasteiger partial charge in [0.1, 0.15) is 24.0 Å². The molecule has 1 saturated heterocycles. The molecule has 0 unspecified atom stereocenters. The Morgan fingerprint density at radius 1 is 1.14 bits per heavy atom. The lowest BCUT2D eigenvalue weighted by molar-refractivity contribution is 0.0543. The minimum absolute atomic E-state index is 0.0176. The predicted octanol–water partition coefficient (Wildman–Crippen LogP) is 5.52. The van der Waals surface area contributed by atoms with Crippen molar-refractivity contribution in [2.75, 3.05) is 39.4 Å². The Bertz CT molecular complexity index is 1230. The molecule has 0 radical (unpaired) electrons. The van der Waals surface area contributed by atoms with Crippen LogP contribution in [-0.2, 0) is 6.42 Å². The molecule has 2 N–H and O–H groups in total. The predicted molar refractivity (Wildman–Crippen MR) is 143 cm³/mol. The van der Waals surface area contributed by atoms with E-state index in [1.165, 1.54) is 18.6 Å². The van der Waals surface area contributed by atoms with E-state index in [1.54, 1.807) is 0 Å². The number of benzene rings is 2. The van der Waals surface area contributed by atoms with Crippen LogP contribution in [0.5, 0.6) is 5.75 Å². The van der Waals surface area contributed by atoms with Gasteiger partial charge in [0.25, 0.3) is 0 Å². The summed E-state index contributed by atoms with van der Waals surface area (Å²) in [6.07, 6.45) is 1.94. The van der Waals surface area contributed by atoms with Crippen molar-refractivity contribution < 1.29 is 18.6 Å². The Hall–Kier alpha value is -2.48. The largest absolute Gasteiger partial charge is 0.492 e. The number of hydrogen-bond acceptors (Lipinski definition) is 4. The van der Waals surface area contributed by atoms with Gasteiger partial charge in [0.05, 0.1) is 6.04 Å². The summed E-state index contributed by atoms with van der Waals surface area (Å²) in [5, 5.41) is 11.1. The average Bonchev–Trinajstić information content (AvgIpc) is 3.20. The minimum atomic E-state index is -0.641. The normalized spacial score (nSPS) is 21.3. The average molecular weight is 512 g/mol. The molecule has 2 aromatic carbocycles. The number of aliphatic hydroxyl groups excluding tert-OH is 1. The molecule has 5 rings (SSSR count). The van der Waals surface area contributed by atoms with Gasteiger partial charge in [-0.3, -0.25) is 9.80 Å². The Balaban J connectivity index is 1.47. The van der Waals surface area contributed by atoms with Gasteiger partial charge in [0, 0.05) is 78.5 Å². The van der Waals surface area contributed by atoms with Crippen molar-refractivity contribution in [2.24, 2.45) is 11.3 Å². The van der Waals surface area contributed by atoms with Crippen LogP contribution in [0.1, 0.15) is 57.0 Å². The first-order valence-corrected chi connectivity index (χ1v) is 13.5. The maximum Gasteiger partial charge on any atom is 0.135 e. The molecule has 2 aliphatic rings. The third-order valence-electron chi connectivity index (χ3n) is 8.17. The summed E-state index contributed by atoms with van der Waals surface area (Å²) in [6.45, 7) is 12.0. The number of ether oxygens (including phenoxy) is 1. The van der Waals surface area contributed by atoms with Gasteiger partial charge in [-0.1, -0.05) is 45.4 Å². The fourth-order valence-corrected chi connectivity index (χ4v) is 5.92. The van der Waals surface area contributed by atoms with Gasteiger partial charge in [0.15, 0.2) is 0 Å². The molecular weight excluding hydrogens is 472 g/mol. The zero-order chi connectivity index (χ0) is 26.3. The number of nitrogens with one attached hydrogen (secondary N) is 1. The van der Waals surface area contributed by atoms with Crippen molar-refractivity contribution in [3.8, 4) is 5.75 Å². The Morgan fingerprint density at radius 3 is 2.51 bits per heavy atom. The monoisotopic (exact) mass is 511 g/mol. The van der Waals surface area contributed by atoms with Gasteiger partial charge < -0.3 is 14.8 Å². The van der Waals surface area contributed by atoms with Gasteiger partial charge in [-0.05, 0) is 30.9 Å². The molecule has 1 fully saturated rings. The van der Waals surface area contributed by atoms with Crippen molar-refractivity contribution in [3.63, 3.8) is 0 Å². The van der Waals surface area contributed by atoms with Crippen molar-refractivity contribution in [3.05, 3.63) is 64.9 Å². The van der Waals surface area contributed by atoms with E-state index in [4.69, 9.17) is 4.74 Å². The van der Waals surface area contributed by atoms with E-state index in [-0.39, 0.29) is 24.0 Å². The minimum Gasteiger partial charge on any atom is -0.492 e. The van der Waals surface area contributed by atoms with Crippen molar-refractivity contribution in [2.45, 2.75) is 52.6 Å². The van der Waals surface area contributed by atoms with Crippen LogP contribution in [0.15, 0.2) is 36.4 Å². The second-order valence-corrected chi connectivity index (χ2v) is 11.7. The molecule has 2 aliphatic heterocycles. The van der Waals surface area contributed by atoms with E-state index in [0.717, 1.165) is 54.1 Å². The van der Waals surface area contributed by atoms with Crippen molar-refractivity contribution in [1.82, 2.24) is 14.8 Å². The van der Waals surface area contributed by atoms with Crippen molar-refractivity contribution in [1.29, 1.82) is 0 Å². The van der Waals surface area contributed by atoms with E-state index in [0.29, 0.717) is 13.2 Å². The molecule has 0 spiro atoms.